The Morgan fingerprint density at radius 1 is 1.11 bits per heavy atom. The van der Waals surface area contributed by atoms with Crippen LogP contribution < -0.4 is 9.47 Å². The van der Waals surface area contributed by atoms with Gasteiger partial charge in [0, 0.05) is 17.3 Å². The van der Waals surface area contributed by atoms with E-state index in [0.717, 1.165) is 40.9 Å². The van der Waals surface area contributed by atoms with E-state index in [0.29, 0.717) is 23.9 Å². The molecular formula is C21H19ClN2O3S. The fraction of sp³-hybridized carbons (Fsp3) is 0.238. The van der Waals surface area contributed by atoms with Gasteiger partial charge in [-0.05, 0) is 54.5 Å². The van der Waals surface area contributed by atoms with Gasteiger partial charge < -0.3 is 9.47 Å². The van der Waals surface area contributed by atoms with Gasteiger partial charge in [-0.15, -0.1) is 0 Å². The molecule has 0 saturated carbocycles. The predicted molar refractivity (Wildman–Crippen MR) is 113 cm³/mol. The molecule has 4 rings (SSSR count). The number of thioether (sulfide) groups is 1. The van der Waals surface area contributed by atoms with Crippen molar-refractivity contribution >= 4 is 40.5 Å². The van der Waals surface area contributed by atoms with Crippen molar-refractivity contribution in [3.63, 3.8) is 0 Å². The monoisotopic (exact) mass is 414 g/mol. The highest BCUT2D eigenvalue weighted by atomic mass is 35.5. The Morgan fingerprint density at radius 3 is 2.68 bits per heavy atom. The minimum atomic E-state index is -0.0233. The first-order chi connectivity index (χ1) is 13.7. The number of benzene rings is 2. The molecule has 0 unspecified atom stereocenters. The van der Waals surface area contributed by atoms with Crippen molar-refractivity contribution in [3.05, 3.63) is 64.8 Å². The Balaban J connectivity index is 1.35. The molecule has 5 nitrogen and oxygen atoms in total. The van der Waals surface area contributed by atoms with Crippen molar-refractivity contribution < 1.29 is 14.3 Å². The molecule has 1 amide bonds. The lowest BCUT2D eigenvalue weighted by Crippen LogP contribution is -2.34. The molecule has 2 aromatic rings. The number of amides is 1. The van der Waals surface area contributed by atoms with E-state index in [-0.39, 0.29) is 5.91 Å². The zero-order valence-corrected chi connectivity index (χ0v) is 16.7. The van der Waals surface area contributed by atoms with Crippen molar-refractivity contribution in [2.75, 3.05) is 25.5 Å². The summed E-state index contributed by atoms with van der Waals surface area (Å²) >= 11 is 7.49. The van der Waals surface area contributed by atoms with E-state index < -0.39 is 0 Å². The molecule has 2 aliphatic heterocycles. The average Bonchev–Trinajstić information content (AvgIpc) is 3.03. The summed E-state index contributed by atoms with van der Waals surface area (Å²) in [6.45, 7) is 1.58. The molecule has 0 N–H and O–H groups in total. The SMILES string of the molecule is O=C1/C(=C\c2cccc(OCCOc3ccc(Cl)cc3)c2)N=C2SCCCN12. The lowest BCUT2D eigenvalue weighted by molar-refractivity contribution is -0.122. The van der Waals surface area contributed by atoms with Crippen LogP contribution in [0.4, 0.5) is 0 Å². The molecule has 0 atom stereocenters. The summed E-state index contributed by atoms with van der Waals surface area (Å²) in [5.74, 6) is 2.46. The average molecular weight is 415 g/mol. The largest absolute Gasteiger partial charge is 0.490 e. The molecular weight excluding hydrogens is 396 g/mol. The number of nitrogens with zero attached hydrogens (tertiary/aromatic N) is 2. The van der Waals surface area contributed by atoms with Crippen molar-refractivity contribution in [2.24, 2.45) is 4.99 Å². The number of carbonyl (C=O) groups excluding carboxylic acids is 1. The van der Waals surface area contributed by atoms with Gasteiger partial charge in [-0.3, -0.25) is 9.69 Å². The van der Waals surface area contributed by atoms with E-state index in [1.165, 1.54) is 0 Å². The highest BCUT2D eigenvalue weighted by Crippen LogP contribution is 2.28. The highest BCUT2D eigenvalue weighted by molar-refractivity contribution is 8.13. The first-order valence-electron chi connectivity index (χ1n) is 9.05. The molecule has 2 heterocycles. The summed E-state index contributed by atoms with van der Waals surface area (Å²) in [6.07, 6.45) is 2.81. The molecule has 0 radical (unpaired) electrons. The smallest absolute Gasteiger partial charge is 0.278 e. The summed E-state index contributed by atoms with van der Waals surface area (Å²) in [5, 5.41) is 1.49. The summed E-state index contributed by atoms with van der Waals surface area (Å²) in [6, 6.07) is 14.8. The number of halogens is 1. The van der Waals surface area contributed by atoms with E-state index in [9.17, 15) is 4.79 Å². The third-order valence-electron chi connectivity index (χ3n) is 4.26. The number of fused-ring (bicyclic) bond motifs is 1. The zero-order valence-electron chi connectivity index (χ0n) is 15.1. The van der Waals surface area contributed by atoms with Gasteiger partial charge in [0.2, 0.25) is 0 Å². The van der Waals surface area contributed by atoms with Crippen LogP contribution in [0.5, 0.6) is 11.5 Å². The van der Waals surface area contributed by atoms with E-state index in [1.807, 2.05) is 42.5 Å². The van der Waals surface area contributed by atoms with Gasteiger partial charge in [-0.2, -0.15) is 0 Å². The van der Waals surface area contributed by atoms with Crippen LogP contribution in [0, 0.1) is 0 Å². The first-order valence-corrected chi connectivity index (χ1v) is 10.4. The molecule has 0 spiro atoms. The Bertz CT molecular complexity index is 928. The van der Waals surface area contributed by atoms with E-state index >= 15 is 0 Å². The third kappa shape index (κ3) is 4.51. The summed E-state index contributed by atoms with van der Waals surface area (Å²) in [5.41, 5.74) is 1.36. The van der Waals surface area contributed by atoms with Crippen LogP contribution in [-0.2, 0) is 4.79 Å². The van der Waals surface area contributed by atoms with Crippen molar-refractivity contribution in [1.29, 1.82) is 0 Å². The number of aliphatic imine (C=N–C) groups is 1. The number of hydrogen-bond donors (Lipinski definition) is 0. The molecule has 1 fully saturated rings. The Labute approximate surface area is 173 Å². The summed E-state index contributed by atoms with van der Waals surface area (Å²) in [7, 11) is 0. The van der Waals surface area contributed by atoms with Gasteiger partial charge in [0.05, 0.1) is 0 Å². The number of carbonyl (C=O) groups is 1. The van der Waals surface area contributed by atoms with Gasteiger partial charge in [-0.25, -0.2) is 4.99 Å². The fourth-order valence-electron chi connectivity index (χ4n) is 2.93. The lowest BCUT2D eigenvalue weighted by Gasteiger charge is -2.21. The first kappa shape index (κ1) is 18.9. The van der Waals surface area contributed by atoms with Gasteiger partial charge in [0.1, 0.15) is 30.4 Å². The molecule has 0 bridgehead atoms. The number of ether oxygens (including phenoxy) is 2. The van der Waals surface area contributed by atoms with E-state index in [1.54, 1.807) is 28.8 Å². The van der Waals surface area contributed by atoms with Crippen molar-refractivity contribution in [1.82, 2.24) is 4.90 Å². The van der Waals surface area contributed by atoms with Crippen LogP contribution in [0.1, 0.15) is 12.0 Å². The van der Waals surface area contributed by atoms with Crippen LogP contribution in [-0.4, -0.2) is 41.5 Å². The topological polar surface area (TPSA) is 51.1 Å². The molecule has 0 aromatic heterocycles. The molecule has 1 saturated heterocycles. The highest BCUT2D eigenvalue weighted by Gasteiger charge is 2.32. The number of hydrogen-bond acceptors (Lipinski definition) is 5. The van der Waals surface area contributed by atoms with Gasteiger partial charge in [-0.1, -0.05) is 35.5 Å². The van der Waals surface area contributed by atoms with Crippen LogP contribution in [0.3, 0.4) is 0 Å². The molecule has 28 heavy (non-hydrogen) atoms. The summed E-state index contributed by atoms with van der Waals surface area (Å²) < 4.78 is 11.4. The maximum atomic E-state index is 12.5. The Morgan fingerprint density at radius 2 is 1.89 bits per heavy atom. The van der Waals surface area contributed by atoms with Crippen molar-refractivity contribution in [2.45, 2.75) is 6.42 Å². The standard InChI is InChI=1S/C21H19ClN2O3S/c22-16-5-7-17(8-6-16)26-10-11-27-18-4-1-3-15(13-18)14-19-20(25)24-9-2-12-28-21(24)23-19/h1,3-8,13-14H,2,9-12H2/b19-14+. The normalized spacial score (nSPS) is 17.5. The quantitative estimate of drug-likeness (QED) is 0.516. The van der Waals surface area contributed by atoms with Gasteiger partial charge >= 0.3 is 0 Å². The molecule has 0 aliphatic carbocycles. The number of amidine groups is 1. The minimum Gasteiger partial charge on any atom is -0.490 e. The van der Waals surface area contributed by atoms with Crippen molar-refractivity contribution in [3.8, 4) is 11.5 Å². The summed E-state index contributed by atoms with van der Waals surface area (Å²) in [4.78, 5) is 18.7. The van der Waals surface area contributed by atoms with Gasteiger partial charge in [0.15, 0.2) is 5.17 Å². The minimum absolute atomic E-state index is 0.0233. The second-order valence-corrected chi connectivity index (χ2v) is 7.80. The van der Waals surface area contributed by atoms with E-state index in [2.05, 4.69) is 4.99 Å². The molecule has 144 valence electrons. The van der Waals surface area contributed by atoms with Crippen LogP contribution in [0.2, 0.25) is 5.02 Å². The van der Waals surface area contributed by atoms with Gasteiger partial charge in [0.25, 0.3) is 5.91 Å². The number of rotatable bonds is 6. The fourth-order valence-corrected chi connectivity index (χ4v) is 4.00. The van der Waals surface area contributed by atoms with Crippen LogP contribution in [0.15, 0.2) is 59.2 Å². The maximum Gasteiger partial charge on any atom is 0.278 e. The molecule has 7 heteroatoms. The predicted octanol–water partition coefficient (Wildman–Crippen LogP) is 4.47. The second kappa shape index (κ2) is 8.71. The third-order valence-corrected chi connectivity index (χ3v) is 5.58. The van der Waals surface area contributed by atoms with E-state index in [4.69, 9.17) is 21.1 Å². The Kier molecular flexibility index (Phi) is 5.88. The molecule has 2 aliphatic rings. The van der Waals surface area contributed by atoms with Crippen LogP contribution in [0.25, 0.3) is 6.08 Å². The molecule has 2 aromatic carbocycles. The van der Waals surface area contributed by atoms with Crippen LogP contribution >= 0.6 is 23.4 Å². The maximum absolute atomic E-state index is 12.5. The Hall–Kier alpha value is -2.44. The zero-order chi connectivity index (χ0) is 19.3. The second-order valence-electron chi connectivity index (χ2n) is 6.31. The lowest BCUT2D eigenvalue weighted by atomic mass is 10.2.